The van der Waals surface area contributed by atoms with E-state index < -0.39 is 11.9 Å². The lowest BCUT2D eigenvalue weighted by Gasteiger charge is -2.19. The summed E-state index contributed by atoms with van der Waals surface area (Å²) in [6, 6.07) is 12.0. The summed E-state index contributed by atoms with van der Waals surface area (Å²) in [7, 11) is 2.14. The fourth-order valence-corrected chi connectivity index (χ4v) is 4.95. The summed E-state index contributed by atoms with van der Waals surface area (Å²) in [6.45, 7) is 3.27. The highest BCUT2D eigenvalue weighted by molar-refractivity contribution is 8.00. The topological polar surface area (TPSA) is 112 Å². The van der Waals surface area contributed by atoms with Gasteiger partial charge in [-0.25, -0.2) is 4.79 Å². The average molecular weight is 518 g/mol. The SMILES string of the molecule is CN(CCCCCNCCCCCC(=O)OCC1OC(n2ccc(N)nc2=O)CS1)c1ccccc1. The molecule has 0 aliphatic carbocycles. The molecular formula is C26H39N5O4S. The predicted molar refractivity (Wildman–Crippen MR) is 145 cm³/mol. The number of nitrogens with two attached hydrogens (primary N) is 1. The molecule has 0 amide bonds. The molecule has 1 aliphatic rings. The molecule has 198 valence electrons. The number of aromatic nitrogens is 2. The summed E-state index contributed by atoms with van der Waals surface area (Å²) >= 11 is 1.52. The smallest absolute Gasteiger partial charge is 0.351 e. The number of nitrogen functional groups attached to an aromatic ring is 1. The van der Waals surface area contributed by atoms with Crippen LogP contribution in [0.3, 0.4) is 0 Å². The fourth-order valence-electron chi connectivity index (χ4n) is 3.96. The highest BCUT2D eigenvalue weighted by atomic mass is 32.2. The van der Waals surface area contributed by atoms with Crippen LogP contribution < -0.4 is 21.6 Å². The molecule has 1 fully saturated rings. The molecule has 9 nitrogen and oxygen atoms in total. The number of ether oxygens (including phenoxy) is 2. The molecule has 3 rings (SSSR count). The Kier molecular flexibility index (Phi) is 12.1. The number of benzene rings is 1. The van der Waals surface area contributed by atoms with E-state index in [-0.39, 0.29) is 23.8 Å². The number of thioether (sulfide) groups is 1. The van der Waals surface area contributed by atoms with Crippen molar-refractivity contribution in [1.29, 1.82) is 0 Å². The van der Waals surface area contributed by atoms with Gasteiger partial charge < -0.3 is 25.4 Å². The Balaban J connectivity index is 1.12. The van der Waals surface area contributed by atoms with Gasteiger partial charge in [0, 0.05) is 37.7 Å². The molecule has 0 saturated carbocycles. The molecule has 2 aromatic rings. The van der Waals surface area contributed by atoms with Crippen molar-refractivity contribution in [2.45, 2.75) is 56.6 Å². The summed E-state index contributed by atoms with van der Waals surface area (Å²) in [5, 5.41) is 3.50. The van der Waals surface area contributed by atoms with Crippen LogP contribution in [-0.4, -0.2) is 60.0 Å². The average Bonchev–Trinajstić information content (AvgIpc) is 3.35. The number of anilines is 2. The fraction of sp³-hybridized carbons (Fsp3) is 0.577. The van der Waals surface area contributed by atoms with Crippen molar-refractivity contribution in [3.8, 4) is 0 Å². The van der Waals surface area contributed by atoms with Gasteiger partial charge in [0.25, 0.3) is 0 Å². The van der Waals surface area contributed by atoms with Crippen LogP contribution >= 0.6 is 11.8 Å². The maximum atomic E-state index is 12.0. The standard InChI is InChI=1S/C26H39N5O4S/c1-30(21-11-5-2-6-12-21)17-10-4-9-16-28-15-8-3-7-13-24(32)34-19-25-35-23(20-36-25)31-18-14-22(27)29-26(31)33/h2,5-6,11-12,14,18,23,25,28H,3-4,7-10,13,15-17,19-20H2,1H3,(H2,27,29,33). The van der Waals surface area contributed by atoms with Crippen LogP contribution in [0.5, 0.6) is 0 Å². The molecule has 1 saturated heterocycles. The summed E-state index contributed by atoms with van der Waals surface area (Å²) < 4.78 is 12.6. The zero-order valence-corrected chi connectivity index (χ0v) is 22.0. The monoisotopic (exact) mass is 517 g/mol. The lowest BCUT2D eigenvalue weighted by atomic mass is 10.2. The van der Waals surface area contributed by atoms with E-state index in [1.807, 2.05) is 6.07 Å². The molecule has 0 spiro atoms. The molecule has 1 aliphatic heterocycles. The van der Waals surface area contributed by atoms with Gasteiger partial charge in [0.2, 0.25) is 0 Å². The van der Waals surface area contributed by atoms with Crippen molar-refractivity contribution in [2.24, 2.45) is 0 Å². The normalized spacial score (nSPS) is 17.2. The van der Waals surface area contributed by atoms with Gasteiger partial charge in [0.05, 0.1) is 0 Å². The third-order valence-corrected chi connectivity index (χ3v) is 7.15. The number of unbranched alkanes of at least 4 members (excludes halogenated alkanes) is 4. The molecule has 36 heavy (non-hydrogen) atoms. The summed E-state index contributed by atoms with van der Waals surface area (Å²) in [5.41, 5.74) is 6.06. The minimum Gasteiger partial charge on any atom is -0.462 e. The zero-order valence-electron chi connectivity index (χ0n) is 21.1. The summed E-state index contributed by atoms with van der Waals surface area (Å²) in [6.07, 6.45) is 8.02. The minimum absolute atomic E-state index is 0.180. The largest absolute Gasteiger partial charge is 0.462 e. The second-order valence-corrected chi connectivity index (χ2v) is 10.1. The van der Waals surface area contributed by atoms with Gasteiger partial charge in [-0.2, -0.15) is 4.98 Å². The van der Waals surface area contributed by atoms with Crippen LogP contribution in [0.25, 0.3) is 0 Å². The molecule has 1 aromatic heterocycles. The van der Waals surface area contributed by atoms with Crippen LogP contribution in [0, 0.1) is 0 Å². The van der Waals surface area contributed by atoms with Crippen molar-refractivity contribution in [3.05, 3.63) is 53.1 Å². The summed E-state index contributed by atoms with van der Waals surface area (Å²) in [4.78, 5) is 30.0. The number of esters is 1. The van der Waals surface area contributed by atoms with E-state index in [2.05, 4.69) is 46.5 Å². The molecule has 3 N–H and O–H groups in total. The molecule has 2 heterocycles. The number of para-hydroxylation sites is 1. The van der Waals surface area contributed by atoms with Gasteiger partial charge in [0.15, 0.2) is 0 Å². The van der Waals surface area contributed by atoms with E-state index in [9.17, 15) is 9.59 Å². The maximum Gasteiger partial charge on any atom is 0.351 e. The van der Waals surface area contributed by atoms with Crippen molar-refractivity contribution < 1.29 is 14.3 Å². The number of nitrogens with zero attached hydrogens (tertiary/aromatic N) is 3. The number of carbonyl (C=O) groups excluding carboxylic acids is 1. The lowest BCUT2D eigenvalue weighted by molar-refractivity contribution is -0.147. The number of rotatable bonds is 16. The molecule has 0 radical (unpaired) electrons. The predicted octanol–water partition coefficient (Wildman–Crippen LogP) is 3.41. The first-order valence-electron chi connectivity index (χ1n) is 12.8. The van der Waals surface area contributed by atoms with Gasteiger partial charge in [-0.1, -0.05) is 31.0 Å². The molecular weight excluding hydrogens is 478 g/mol. The van der Waals surface area contributed by atoms with Gasteiger partial charge in [0.1, 0.15) is 24.1 Å². The van der Waals surface area contributed by atoms with Gasteiger partial charge in [-0.05, 0) is 57.0 Å². The second kappa shape index (κ2) is 15.5. The molecule has 1 aromatic carbocycles. The Labute approximate surface area is 217 Å². The third kappa shape index (κ3) is 9.83. The van der Waals surface area contributed by atoms with E-state index in [1.165, 1.54) is 41.3 Å². The first-order chi connectivity index (χ1) is 17.5. The van der Waals surface area contributed by atoms with Crippen molar-refractivity contribution in [1.82, 2.24) is 14.9 Å². The van der Waals surface area contributed by atoms with Crippen LogP contribution in [0.4, 0.5) is 11.5 Å². The van der Waals surface area contributed by atoms with E-state index in [4.69, 9.17) is 15.2 Å². The van der Waals surface area contributed by atoms with E-state index in [1.54, 1.807) is 12.3 Å². The third-order valence-electron chi connectivity index (χ3n) is 6.05. The number of nitrogens with one attached hydrogen (secondary N) is 1. The summed E-state index contributed by atoms with van der Waals surface area (Å²) in [5.74, 6) is 0.565. The van der Waals surface area contributed by atoms with Crippen LogP contribution in [0.2, 0.25) is 0 Å². The highest BCUT2D eigenvalue weighted by Gasteiger charge is 2.29. The van der Waals surface area contributed by atoms with Crippen molar-refractivity contribution in [2.75, 3.05) is 49.7 Å². The quantitative estimate of drug-likeness (QED) is 0.255. The Bertz CT molecular complexity index is 974. The van der Waals surface area contributed by atoms with Gasteiger partial charge in [-0.3, -0.25) is 9.36 Å². The van der Waals surface area contributed by atoms with E-state index in [0.717, 1.165) is 38.9 Å². The second-order valence-electron chi connectivity index (χ2n) is 8.96. The van der Waals surface area contributed by atoms with Gasteiger partial charge in [-0.15, -0.1) is 11.8 Å². The van der Waals surface area contributed by atoms with E-state index >= 15 is 0 Å². The number of hydrogen-bond acceptors (Lipinski definition) is 9. The Morgan fingerprint density at radius 1 is 1.17 bits per heavy atom. The first-order valence-corrected chi connectivity index (χ1v) is 13.8. The maximum absolute atomic E-state index is 12.0. The van der Waals surface area contributed by atoms with Crippen molar-refractivity contribution in [3.63, 3.8) is 0 Å². The van der Waals surface area contributed by atoms with Crippen molar-refractivity contribution >= 4 is 29.2 Å². The Hall–Kier alpha value is -2.56. The number of carbonyl (C=O) groups is 1. The Morgan fingerprint density at radius 2 is 1.92 bits per heavy atom. The van der Waals surface area contributed by atoms with Crippen LogP contribution in [0.15, 0.2) is 47.4 Å². The zero-order chi connectivity index (χ0) is 25.6. The lowest BCUT2D eigenvalue weighted by Crippen LogP contribution is -2.29. The molecule has 2 unspecified atom stereocenters. The molecule has 2 atom stereocenters. The van der Waals surface area contributed by atoms with Crippen LogP contribution in [-0.2, 0) is 14.3 Å². The van der Waals surface area contributed by atoms with E-state index in [0.29, 0.717) is 12.2 Å². The van der Waals surface area contributed by atoms with Gasteiger partial charge >= 0.3 is 11.7 Å². The minimum atomic E-state index is -0.445. The van der Waals surface area contributed by atoms with Crippen LogP contribution in [0.1, 0.15) is 51.2 Å². The molecule has 0 bridgehead atoms. The first kappa shape index (κ1) is 28.0. The molecule has 10 heteroatoms. The Morgan fingerprint density at radius 3 is 2.67 bits per heavy atom. The highest BCUT2D eigenvalue weighted by Crippen LogP contribution is 2.31. The number of hydrogen-bond donors (Lipinski definition) is 2.